The number of nitrogens with zero attached hydrogens (tertiary/aromatic N) is 1. The summed E-state index contributed by atoms with van der Waals surface area (Å²) in [6, 6.07) is 7.92. The highest BCUT2D eigenvalue weighted by Gasteiger charge is 2.38. The molecule has 1 aromatic carbocycles. The third kappa shape index (κ3) is 2.84. The molecule has 4 nitrogen and oxygen atoms in total. The maximum atomic E-state index is 12.3. The van der Waals surface area contributed by atoms with E-state index in [9.17, 15) is 9.59 Å². The molecule has 4 heteroatoms. The van der Waals surface area contributed by atoms with E-state index in [0.717, 1.165) is 5.56 Å². The summed E-state index contributed by atoms with van der Waals surface area (Å²) in [7, 11) is 1.79. The number of piperidine rings is 1. The van der Waals surface area contributed by atoms with E-state index in [0.29, 0.717) is 19.4 Å². The van der Waals surface area contributed by atoms with Crippen molar-refractivity contribution in [1.82, 2.24) is 10.2 Å². The van der Waals surface area contributed by atoms with Gasteiger partial charge in [0.2, 0.25) is 11.8 Å². The Morgan fingerprint density at radius 1 is 1.35 bits per heavy atom. The summed E-state index contributed by atoms with van der Waals surface area (Å²) < 4.78 is 0. The monoisotopic (exact) mass is 274 g/mol. The van der Waals surface area contributed by atoms with Crippen molar-refractivity contribution in [2.75, 3.05) is 13.6 Å². The molecule has 1 fully saturated rings. The SMILES string of the molecule is CCNC(=O)C1CCC(=O)N(C)C1c1ccc(C)cc1. The van der Waals surface area contributed by atoms with Gasteiger partial charge in [-0.05, 0) is 25.8 Å². The maximum Gasteiger partial charge on any atom is 0.225 e. The quantitative estimate of drug-likeness (QED) is 0.917. The molecule has 1 aliphatic heterocycles. The summed E-state index contributed by atoms with van der Waals surface area (Å²) in [6.45, 7) is 4.56. The number of likely N-dealkylation sites (tertiary alicyclic amines) is 1. The van der Waals surface area contributed by atoms with Crippen LogP contribution in [0.5, 0.6) is 0 Å². The second kappa shape index (κ2) is 6.07. The summed E-state index contributed by atoms with van der Waals surface area (Å²) in [5.74, 6) is -0.0195. The molecule has 0 saturated carbocycles. The van der Waals surface area contributed by atoms with Gasteiger partial charge in [-0.2, -0.15) is 0 Å². The van der Waals surface area contributed by atoms with Crippen molar-refractivity contribution in [3.05, 3.63) is 35.4 Å². The minimum Gasteiger partial charge on any atom is -0.356 e. The molecule has 0 spiro atoms. The first-order valence-corrected chi connectivity index (χ1v) is 7.14. The molecule has 2 unspecified atom stereocenters. The number of rotatable bonds is 3. The van der Waals surface area contributed by atoms with Gasteiger partial charge in [-0.3, -0.25) is 9.59 Å². The second-order valence-electron chi connectivity index (χ2n) is 5.40. The molecule has 0 aliphatic carbocycles. The van der Waals surface area contributed by atoms with Crippen LogP contribution in [0.15, 0.2) is 24.3 Å². The van der Waals surface area contributed by atoms with E-state index < -0.39 is 0 Å². The van der Waals surface area contributed by atoms with Crippen LogP contribution in [0.4, 0.5) is 0 Å². The highest BCUT2D eigenvalue weighted by Crippen LogP contribution is 2.35. The normalized spacial score (nSPS) is 22.8. The number of hydrogen-bond acceptors (Lipinski definition) is 2. The van der Waals surface area contributed by atoms with Gasteiger partial charge in [0.1, 0.15) is 0 Å². The van der Waals surface area contributed by atoms with Crippen LogP contribution in [-0.2, 0) is 9.59 Å². The Labute approximate surface area is 120 Å². The number of hydrogen-bond donors (Lipinski definition) is 1. The van der Waals surface area contributed by atoms with E-state index in [-0.39, 0.29) is 23.8 Å². The molecule has 1 N–H and O–H groups in total. The molecule has 1 aromatic rings. The molecule has 20 heavy (non-hydrogen) atoms. The van der Waals surface area contributed by atoms with Crippen molar-refractivity contribution < 1.29 is 9.59 Å². The predicted octanol–water partition coefficient (Wildman–Crippen LogP) is 2.04. The molecule has 1 saturated heterocycles. The summed E-state index contributed by atoms with van der Waals surface area (Å²) in [5.41, 5.74) is 2.20. The molecule has 108 valence electrons. The van der Waals surface area contributed by atoms with Crippen LogP contribution >= 0.6 is 0 Å². The molecule has 2 atom stereocenters. The Bertz CT molecular complexity index is 496. The molecule has 1 heterocycles. The van der Waals surface area contributed by atoms with E-state index in [1.54, 1.807) is 11.9 Å². The fourth-order valence-electron chi connectivity index (χ4n) is 2.84. The fraction of sp³-hybridized carbons (Fsp3) is 0.500. The first-order valence-electron chi connectivity index (χ1n) is 7.14. The van der Waals surface area contributed by atoms with Gasteiger partial charge in [0.25, 0.3) is 0 Å². The molecule has 0 radical (unpaired) electrons. The lowest BCUT2D eigenvalue weighted by Gasteiger charge is -2.38. The van der Waals surface area contributed by atoms with E-state index in [1.165, 1.54) is 5.56 Å². The summed E-state index contributed by atoms with van der Waals surface area (Å²) >= 11 is 0. The Balaban J connectivity index is 2.32. The number of carbonyl (C=O) groups excluding carboxylic acids is 2. The van der Waals surface area contributed by atoms with Gasteiger partial charge in [-0.15, -0.1) is 0 Å². The van der Waals surface area contributed by atoms with Crippen LogP contribution in [0, 0.1) is 12.8 Å². The highest BCUT2D eigenvalue weighted by atomic mass is 16.2. The smallest absolute Gasteiger partial charge is 0.225 e. The lowest BCUT2D eigenvalue weighted by Crippen LogP contribution is -2.46. The summed E-state index contributed by atoms with van der Waals surface area (Å²) in [4.78, 5) is 25.9. The van der Waals surface area contributed by atoms with Crippen molar-refractivity contribution in [3.8, 4) is 0 Å². The average Bonchev–Trinajstić information content (AvgIpc) is 2.43. The lowest BCUT2D eigenvalue weighted by molar-refractivity contribution is -0.141. The van der Waals surface area contributed by atoms with Crippen LogP contribution in [0.1, 0.15) is 36.9 Å². The molecular weight excluding hydrogens is 252 g/mol. The van der Waals surface area contributed by atoms with Crippen LogP contribution in [0.25, 0.3) is 0 Å². The molecule has 2 rings (SSSR count). The zero-order chi connectivity index (χ0) is 14.7. The third-order valence-corrected chi connectivity index (χ3v) is 3.97. The standard InChI is InChI=1S/C16H22N2O2/c1-4-17-16(20)13-9-10-14(19)18(3)15(13)12-7-5-11(2)6-8-12/h5-8,13,15H,4,9-10H2,1-3H3,(H,17,20). The molecule has 0 bridgehead atoms. The Hall–Kier alpha value is -1.84. The number of benzene rings is 1. The van der Waals surface area contributed by atoms with Gasteiger partial charge >= 0.3 is 0 Å². The van der Waals surface area contributed by atoms with Crippen molar-refractivity contribution in [2.24, 2.45) is 5.92 Å². The molecule has 2 amide bonds. The van der Waals surface area contributed by atoms with E-state index in [4.69, 9.17) is 0 Å². The zero-order valence-corrected chi connectivity index (χ0v) is 12.3. The van der Waals surface area contributed by atoms with Crippen LogP contribution in [0.3, 0.4) is 0 Å². The van der Waals surface area contributed by atoms with Gasteiger partial charge in [0.05, 0.1) is 12.0 Å². The predicted molar refractivity (Wildman–Crippen MR) is 78.1 cm³/mol. The van der Waals surface area contributed by atoms with Crippen LogP contribution < -0.4 is 5.32 Å². The van der Waals surface area contributed by atoms with E-state index in [2.05, 4.69) is 5.32 Å². The molecule has 1 aliphatic rings. The molecule has 0 aromatic heterocycles. The summed E-state index contributed by atoms with van der Waals surface area (Å²) in [5, 5.41) is 2.88. The molecular formula is C16H22N2O2. The number of amides is 2. The lowest BCUT2D eigenvalue weighted by atomic mass is 9.83. The van der Waals surface area contributed by atoms with E-state index >= 15 is 0 Å². The Morgan fingerprint density at radius 3 is 2.60 bits per heavy atom. The summed E-state index contributed by atoms with van der Waals surface area (Å²) in [6.07, 6.45) is 1.06. The number of carbonyl (C=O) groups is 2. The van der Waals surface area contributed by atoms with Crippen molar-refractivity contribution in [2.45, 2.75) is 32.7 Å². The van der Waals surface area contributed by atoms with Crippen molar-refractivity contribution in [3.63, 3.8) is 0 Å². The van der Waals surface area contributed by atoms with Crippen molar-refractivity contribution >= 4 is 11.8 Å². The third-order valence-electron chi connectivity index (χ3n) is 3.97. The van der Waals surface area contributed by atoms with Gasteiger partial charge in [-0.25, -0.2) is 0 Å². The maximum absolute atomic E-state index is 12.3. The van der Waals surface area contributed by atoms with Gasteiger partial charge < -0.3 is 10.2 Å². The van der Waals surface area contributed by atoms with Crippen LogP contribution in [0.2, 0.25) is 0 Å². The fourth-order valence-corrected chi connectivity index (χ4v) is 2.84. The average molecular weight is 274 g/mol. The largest absolute Gasteiger partial charge is 0.356 e. The Morgan fingerprint density at radius 2 is 2.00 bits per heavy atom. The van der Waals surface area contributed by atoms with Gasteiger partial charge in [0.15, 0.2) is 0 Å². The highest BCUT2D eigenvalue weighted by molar-refractivity contribution is 5.84. The number of nitrogens with one attached hydrogen (secondary N) is 1. The van der Waals surface area contributed by atoms with E-state index in [1.807, 2.05) is 38.1 Å². The Kier molecular flexibility index (Phi) is 4.42. The van der Waals surface area contributed by atoms with Gasteiger partial charge in [-0.1, -0.05) is 29.8 Å². The topological polar surface area (TPSA) is 49.4 Å². The number of aryl methyl sites for hydroxylation is 1. The minimum atomic E-state index is -0.166. The first kappa shape index (κ1) is 14.6. The zero-order valence-electron chi connectivity index (χ0n) is 12.3. The van der Waals surface area contributed by atoms with Crippen LogP contribution in [-0.4, -0.2) is 30.3 Å². The van der Waals surface area contributed by atoms with Crippen molar-refractivity contribution in [1.29, 1.82) is 0 Å². The van der Waals surface area contributed by atoms with Gasteiger partial charge in [0, 0.05) is 20.0 Å². The first-order chi connectivity index (χ1) is 9.54. The minimum absolute atomic E-state index is 0.0393. The second-order valence-corrected chi connectivity index (χ2v) is 5.40.